The summed E-state index contributed by atoms with van der Waals surface area (Å²) >= 11 is 0. The van der Waals surface area contributed by atoms with E-state index in [2.05, 4.69) is 223 Å². The first-order valence-corrected chi connectivity index (χ1v) is 21.3. The predicted octanol–water partition coefficient (Wildman–Crippen LogP) is 13.9. The molecular weight excluding hydrogens is 753 g/mol. The third-order valence-electron chi connectivity index (χ3n) is 13.5. The molecule has 0 fully saturated rings. The molecule has 0 bridgehead atoms. The van der Waals surface area contributed by atoms with Gasteiger partial charge >= 0.3 is 0 Å². The van der Waals surface area contributed by atoms with Crippen molar-refractivity contribution in [3.05, 3.63) is 268 Å². The first-order valence-electron chi connectivity index (χ1n) is 21.3. The van der Waals surface area contributed by atoms with Gasteiger partial charge in [0.2, 0.25) is 0 Å². The van der Waals surface area contributed by atoms with E-state index in [4.69, 9.17) is 0 Å². The van der Waals surface area contributed by atoms with Crippen molar-refractivity contribution in [2.75, 3.05) is 9.80 Å². The van der Waals surface area contributed by atoms with Crippen molar-refractivity contribution in [2.45, 2.75) is 24.7 Å². The van der Waals surface area contributed by atoms with E-state index in [1.165, 1.54) is 67.0 Å². The second kappa shape index (κ2) is 13.5. The number of nitrogens with zero attached hydrogens (tertiary/aromatic N) is 4. The highest BCUT2D eigenvalue weighted by molar-refractivity contribution is 5.95. The highest BCUT2D eigenvalue weighted by Crippen LogP contribution is 2.68. The Kier molecular flexibility index (Phi) is 7.82. The van der Waals surface area contributed by atoms with Crippen molar-refractivity contribution in [2.24, 2.45) is 0 Å². The molecular formula is C58H40N4. The van der Waals surface area contributed by atoms with E-state index in [1.54, 1.807) is 6.20 Å². The maximum atomic E-state index is 9.37. The van der Waals surface area contributed by atoms with Gasteiger partial charge in [-0.25, -0.2) is 0 Å². The summed E-state index contributed by atoms with van der Waals surface area (Å²) in [6, 6.07) is 76.1. The molecule has 0 unspecified atom stereocenters. The molecule has 0 atom stereocenters. The van der Waals surface area contributed by atoms with Crippen molar-refractivity contribution in [1.29, 1.82) is 5.26 Å². The Hall–Kier alpha value is -8.00. The van der Waals surface area contributed by atoms with Crippen molar-refractivity contribution in [3.8, 4) is 17.3 Å². The van der Waals surface area contributed by atoms with E-state index in [0.29, 0.717) is 5.56 Å². The number of fused-ring (bicyclic) bond motifs is 14. The summed E-state index contributed by atoms with van der Waals surface area (Å²) in [4.78, 5) is 9.49. The lowest BCUT2D eigenvalue weighted by Crippen LogP contribution is -2.49. The number of nitriles is 1. The summed E-state index contributed by atoms with van der Waals surface area (Å²) in [5.74, 6) is 0. The van der Waals surface area contributed by atoms with Gasteiger partial charge < -0.3 is 9.80 Å². The van der Waals surface area contributed by atoms with Gasteiger partial charge in [0, 0.05) is 23.1 Å². The molecule has 0 saturated carbocycles. The Morgan fingerprint density at radius 1 is 0.403 bits per heavy atom. The fraction of sp³-hybridized carbons (Fsp3) is 0.0690. The van der Waals surface area contributed by atoms with Crippen LogP contribution in [0.5, 0.6) is 0 Å². The fourth-order valence-corrected chi connectivity index (χ4v) is 11.1. The van der Waals surface area contributed by atoms with E-state index in [1.807, 2.05) is 12.1 Å². The molecule has 3 heterocycles. The molecule has 62 heavy (non-hydrogen) atoms. The molecule has 4 nitrogen and oxygen atoms in total. The minimum absolute atomic E-state index is 0.550. The Labute approximate surface area is 362 Å². The molecule has 0 amide bonds. The van der Waals surface area contributed by atoms with Crippen LogP contribution >= 0.6 is 0 Å². The number of rotatable bonds is 3. The number of pyridine rings is 1. The molecule has 3 aliphatic rings. The van der Waals surface area contributed by atoms with Gasteiger partial charge in [-0.15, -0.1) is 0 Å². The standard InChI is InChI=1S/C58H40N4/c1-38-24-32-55-50(34-38)58(51-35-39(2)25-33-56(51)62(55)43-29-27-41(28-30-43)52-31-26-40(36-59)37-60-52)46-18-8-6-16-44(46)57(45-17-7-9-19-47(45)58)48-20-10-12-22-53(48)61(42-14-4-3-5-15-42)54-23-13-11-21-49(54)57/h3-35,37H,1-2H3. The lowest BCUT2D eigenvalue weighted by Gasteiger charge is -2.56. The van der Waals surface area contributed by atoms with Crippen LogP contribution in [0.3, 0.4) is 0 Å². The number of aryl methyl sites for hydroxylation is 2. The molecule has 9 aromatic rings. The van der Waals surface area contributed by atoms with Gasteiger partial charge in [-0.05, 0) is 119 Å². The largest absolute Gasteiger partial charge is 0.310 e. The van der Waals surface area contributed by atoms with Gasteiger partial charge in [-0.2, -0.15) is 5.26 Å². The second-order valence-electron chi connectivity index (χ2n) is 16.8. The van der Waals surface area contributed by atoms with Crippen molar-refractivity contribution in [3.63, 3.8) is 0 Å². The monoisotopic (exact) mass is 792 g/mol. The van der Waals surface area contributed by atoms with Crippen LogP contribution in [0.1, 0.15) is 61.2 Å². The van der Waals surface area contributed by atoms with Gasteiger partial charge in [0.15, 0.2) is 0 Å². The van der Waals surface area contributed by atoms with Crippen LogP contribution in [0, 0.1) is 25.2 Å². The second-order valence-corrected chi connectivity index (χ2v) is 16.8. The number of para-hydroxylation sites is 3. The average molecular weight is 793 g/mol. The molecule has 1 aromatic heterocycles. The molecule has 1 aliphatic carbocycles. The molecule has 12 rings (SSSR count). The van der Waals surface area contributed by atoms with E-state index in [0.717, 1.165) is 34.0 Å². The zero-order valence-electron chi connectivity index (χ0n) is 34.4. The Morgan fingerprint density at radius 3 is 1.29 bits per heavy atom. The Bertz CT molecular complexity index is 3130. The molecule has 292 valence electrons. The zero-order valence-corrected chi connectivity index (χ0v) is 34.4. The Balaban J connectivity index is 1.16. The molecule has 8 aromatic carbocycles. The number of hydrogen-bond donors (Lipinski definition) is 0. The van der Waals surface area contributed by atoms with E-state index in [-0.39, 0.29) is 0 Å². The summed E-state index contributed by atoms with van der Waals surface area (Å²) in [5, 5.41) is 9.37. The first kappa shape index (κ1) is 35.9. The molecule has 2 aliphatic heterocycles. The van der Waals surface area contributed by atoms with Crippen LogP contribution in [0.4, 0.5) is 34.1 Å². The van der Waals surface area contributed by atoms with Gasteiger partial charge in [-0.3, -0.25) is 4.98 Å². The fourth-order valence-electron chi connectivity index (χ4n) is 11.1. The number of aromatic nitrogens is 1. The lowest BCUT2D eigenvalue weighted by atomic mass is 9.49. The van der Waals surface area contributed by atoms with Crippen LogP contribution in [-0.4, -0.2) is 4.98 Å². The van der Waals surface area contributed by atoms with Crippen molar-refractivity contribution in [1.82, 2.24) is 4.98 Å². The maximum Gasteiger partial charge on any atom is 0.101 e. The topological polar surface area (TPSA) is 43.2 Å². The van der Waals surface area contributed by atoms with E-state index in [9.17, 15) is 5.26 Å². The lowest BCUT2D eigenvalue weighted by molar-refractivity contribution is 0.607. The van der Waals surface area contributed by atoms with Gasteiger partial charge in [0.05, 0.1) is 44.8 Å². The van der Waals surface area contributed by atoms with Crippen LogP contribution in [0.15, 0.2) is 206 Å². The highest BCUT2D eigenvalue weighted by Gasteiger charge is 2.59. The Morgan fingerprint density at radius 2 is 0.823 bits per heavy atom. The summed E-state index contributed by atoms with van der Waals surface area (Å²) in [6.45, 7) is 4.44. The zero-order chi connectivity index (χ0) is 41.6. The van der Waals surface area contributed by atoms with Crippen LogP contribution in [-0.2, 0) is 10.8 Å². The number of anilines is 6. The molecule has 0 N–H and O–H groups in total. The SMILES string of the molecule is Cc1ccc2c(c1)C1(c3cc(C)ccc3N2c2ccc(-c3ccc(C#N)cn3)cc2)c2ccccc2C2(c3ccccc3N(c3ccccc3)c3ccccc32)c2ccccc21. The summed E-state index contributed by atoms with van der Waals surface area (Å²) in [5.41, 5.74) is 20.6. The van der Waals surface area contributed by atoms with Crippen LogP contribution < -0.4 is 9.80 Å². The molecule has 0 radical (unpaired) electrons. The average Bonchev–Trinajstić information content (AvgIpc) is 3.33. The molecule has 0 saturated heterocycles. The van der Waals surface area contributed by atoms with Gasteiger partial charge in [-0.1, -0.05) is 151 Å². The highest BCUT2D eigenvalue weighted by atomic mass is 15.2. The predicted molar refractivity (Wildman–Crippen MR) is 251 cm³/mol. The summed E-state index contributed by atoms with van der Waals surface area (Å²) in [6.07, 6.45) is 1.64. The van der Waals surface area contributed by atoms with Crippen LogP contribution in [0.2, 0.25) is 0 Å². The third kappa shape index (κ3) is 4.79. The van der Waals surface area contributed by atoms with Crippen molar-refractivity contribution < 1.29 is 0 Å². The first-order chi connectivity index (χ1) is 30.5. The normalized spacial score (nSPS) is 14.5. The smallest absolute Gasteiger partial charge is 0.101 e. The quantitative estimate of drug-likeness (QED) is 0.179. The molecule has 2 spiro atoms. The maximum absolute atomic E-state index is 9.37. The van der Waals surface area contributed by atoms with Crippen LogP contribution in [0.25, 0.3) is 11.3 Å². The number of benzene rings is 8. The van der Waals surface area contributed by atoms with Crippen molar-refractivity contribution >= 4 is 34.1 Å². The summed E-state index contributed by atoms with van der Waals surface area (Å²) < 4.78 is 0. The number of hydrogen-bond acceptors (Lipinski definition) is 4. The molecule has 4 heteroatoms. The van der Waals surface area contributed by atoms with Gasteiger partial charge in [0.1, 0.15) is 6.07 Å². The minimum Gasteiger partial charge on any atom is -0.310 e. The third-order valence-corrected chi connectivity index (χ3v) is 13.5. The minimum atomic E-state index is -0.662. The summed E-state index contributed by atoms with van der Waals surface area (Å²) in [7, 11) is 0. The van der Waals surface area contributed by atoms with E-state index >= 15 is 0 Å². The van der Waals surface area contributed by atoms with E-state index < -0.39 is 10.8 Å². The van der Waals surface area contributed by atoms with Gasteiger partial charge in [0.25, 0.3) is 0 Å².